The van der Waals surface area contributed by atoms with Crippen molar-refractivity contribution >= 4 is 5.84 Å². The molecule has 96 valence electrons. The van der Waals surface area contributed by atoms with E-state index >= 15 is 0 Å². The van der Waals surface area contributed by atoms with Crippen molar-refractivity contribution in [3.05, 3.63) is 0 Å². The summed E-state index contributed by atoms with van der Waals surface area (Å²) in [5.74, 6) is 0.225. The fourth-order valence-electron chi connectivity index (χ4n) is 1.60. The van der Waals surface area contributed by atoms with Crippen LogP contribution in [-0.2, 0) is 0 Å². The van der Waals surface area contributed by atoms with E-state index in [1.165, 1.54) is 0 Å². The molecule has 0 fully saturated rings. The van der Waals surface area contributed by atoms with Crippen LogP contribution >= 0.6 is 0 Å². The molecule has 0 aliphatic heterocycles. The van der Waals surface area contributed by atoms with Crippen LogP contribution in [0.2, 0.25) is 0 Å². The van der Waals surface area contributed by atoms with Gasteiger partial charge in [-0.25, -0.2) is 0 Å². The Morgan fingerprint density at radius 3 is 2.38 bits per heavy atom. The average Bonchev–Trinajstić information content (AvgIpc) is 2.31. The highest BCUT2D eigenvalue weighted by atomic mass is 16.4. The molecule has 1 unspecified atom stereocenters. The van der Waals surface area contributed by atoms with Gasteiger partial charge in [0.05, 0.1) is 0 Å². The van der Waals surface area contributed by atoms with Gasteiger partial charge in [0.15, 0.2) is 0 Å². The van der Waals surface area contributed by atoms with Gasteiger partial charge in [0, 0.05) is 31.0 Å². The Bertz CT molecular complexity index is 207. The number of hydrogen-bond acceptors (Lipinski definition) is 4. The van der Waals surface area contributed by atoms with E-state index in [0.29, 0.717) is 6.42 Å². The number of aliphatic hydroxyl groups is 1. The van der Waals surface area contributed by atoms with Crippen molar-refractivity contribution in [3.8, 4) is 0 Å². The molecule has 0 rings (SSSR count). The monoisotopic (exact) mass is 231 g/mol. The third-order valence-corrected chi connectivity index (χ3v) is 3.30. The van der Waals surface area contributed by atoms with Gasteiger partial charge in [-0.1, -0.05) is 19.0 Å². The fraction of sp³-hybridized carbons (Fsp3) is 0.909. The van der Waals surface area contributed by atoms with Gasteiger partial charge in [0.1, 0.15) is 5.84 Å². The summed E-state index contributed by atoms with van der Waals surface area (Å²) in [6.45, 7) is 7.07. The highest BCUT2D eigenvalue weighted by molar-refractivity contribution is 5.80. The van der Waals surface area contributed by atoms with E-state index in [1.807, 2.05) is 6.92 Å². The lowest BCUT2D eigenvalue weighted by Gasteiger charge is -2.31. The van der Waals surface area contributed by atoms with Crippen LogP contribution in [0.5, 0.6) is 0 Å². The molecular formula is C11H25N3O2. The summed E-state index contributed by atoms with van der Waals surface area (Å²) in [6, 6.07) is 0.139. The summed E-state index contributed by atoms with van der Waals surface area (Å²) in [6.07, 6.45) is 2.37. The quantitative estimate of drug-likeness (QED) is 0.216. The van der Waals surface area contributed by atoms with Gasteiger partial charge in [-0.15, -0.1) is 0 Å². The van der Waals surface area contributed by atoms with Gasteiger partial charge in [0.25, 0.3) is 0 Å². The molecule has 5 N–H and O–H groups in total. The number of nitrogens with one attached hydrogen (secondary N) is 1. The van der Waals surface area contributed by atoms with Gasteiger partial charge in [-0.05, 0) is 19.8 Å². The summed E-state index contributed by atoms with van der Waals surface area (Å²) in [4.78, 5) is 0. The summed E-state index contributed by atoms with van der Waals surface area (Å²) in [5.41, 5.74) is 5.37. The predicted molar refractivity (Wildman–Crippen MR) is 65.6 cm³/mol. The Kier molecular flexibility index (Phi) is 7.08. The zero-order chi connectivity index (χ0) is 12.6. The molecule has 0 saturated carbocycles. The largest absolute Gasteiger partial charge is 0.409 e. The molecule has 16 heavy (non-hydrogen) atoms. The summed E-state index contributed by atoms with van der Waals surface area (Å²) < 4.78 is 0. The smallest absolute Gasteiger partial charge is 0.140 e. The molecule has 0 saturated heterocycles. The van der Waals surface area contributed by atoms with Crippen molar-refractivity contribution in [2.24, 2.45) is 16.3 Å². The van der Waals surface area contributed by atoms with Crippen LogP contribution in [0.15, 0.2) is 5.16 Å². The van der Waals surface area contributed by atoms with E-state index in [0.717, 1.165) is 19.4 Å². The number of oxime groups is 1. The maximum Gasteiger partial charge on any atom is 0.140 e. The molecule has 0 aliphatic carbocycles. The molecule has 0 aromatic rings. The molecule has 0 aromatic heterocycles. The minimum absolute atomic E-state index is 0.0562. The normalized spacial score (nSPS) is 15.1. The van der Waals surface area contributed by atoms with Crippen LogP contribution in [0, 0.1) is 5.41 Å². The second-order valence-electron chi connectivity index (χ2n) is 4.44. The Morgan fingerprint density at radius 1 is 1.44 bits per heavy atom. The van der Waals surface area contributed by atoms with Gasteiger partial charge >= 0.3 is 0 Å². The standard InChI is InChI=1S/C11H25N3O2/c1-4-11(5-2,8-15)7-13-9(3)6-10(12)14-16/h9,13,15-16H,4-8H2,1-3H3,(H2,12,14). The van der Waals surface area contributed by atoms with Crippen LogP contribution in [0.3, 0.4) is 0 Å². The van der Waals surface area contributed by atoms with Gasteiger partial charge in [0.2, 0.25) is 0 Å². The zero-order valence-electron chi connectivity index (χ0n) is 10.5. The number of hydrogen-bond donors (Lipinski definition) is 4. The molecule has 0 heterocycles. The number of nitrogens with two attached hydrogens (primary N) is 1. The number of rotatable bonds is 8. The van der Waals surface area contributed by atoms with Crippen molar-refractivity contribution in [3.63, 3.8) is 0 Å². The highest BCUT2D eigenvalue weighted by Gasteiger charge is 2.25. The maximum atomic E-state index is 9.39. The summed E-state index contributed by atoms with van der Waals surface area (Å²) in [5, 5.41) is 24.1. The lowest BCUT2D eigenvalue weighted by atomic mass is 9.83. The Labute approximate surface area is 97.7 Å². The van der Waals surface area contributed by atoms with Gasteiger partial charge in [-0.2, -0.15) is 0 Å². The Balaban J connectivity index is 4.11. The SMILES string of the molecule is CCC(CC)(CO)CNC(C)CC(N)=NO. The molecule has 0 spiro atoms. The topological polar surface area (TPSA) is 90.9 Å². The van der Waals surface area contributed by atoms with Crippen molar-refractivity contribution in [2.75, 3.05) is 13.2 Å². The van der Waals surface area contributed by atoms with Gasteiger partial charge in [-0.3, -0.25) is 0 Å². The average molecular weight is 231 g/mol. The molecule has 5 heteroatoms. The van der Waals surface area contributed by atoms with Crippen LogP contribution in [0.25, 0.3) is 0 Å². The van der Waals surface area contributed by atoms with Crippen LogP contribution in [0.4, 0.5) is 0 Å². The molecule has 0 aromatic carbocycles. The van der Waals surface area contributed by atoms with Crippen molar-refractivity contribution in [1.82, 2.24) is 5.32 Å². The summed E-state index contributed by atoms with van der Waals surface area (Å²) in [7, 11) is 0. The van der Waals surface area contributed by atoms with Crippen LogP contribution in [-0.4, -0.2) is 35.3 Å². The summed E-state index contributed by atoms with van der Waals surface area (Å²) >= 11 is 0. The number of nitrogens with zero attached hydrogens (tertiary/aromatic N) is 1. The van der Waals surface area contributed by atoms with Gasteiger partial charge < -0.3 is 21.4 Å². The second kappa shape index (κ2) is 7.46. The van der Waals surface area contributed by atoms with E-state index in [4.69, 9.17) is 10.9 Å². The second-order valence-corrected chi connectivity index (χ2v) is 4.44. The molecule has 0 aliphatic rings. The molecule has 0 amide bonds. The van der Waals surface area contributed by atoms with E-state index in [-0.39, 0.29) is 23.9 Å². The Hall–Kier alpha value is -0.810. The molecule has 1 atom stereocenters. The first-order valence-corrected chi connectivity index (χ1v) is 5.84. The lowest BCUT2D eigenvalue weighted by molar-refractivity contribution is 0.110. The molecule has 5 nitrogen and oxygen atoms in total. The minimum Gasteiger partial charge on any atom is -0.409 e. The highest BCUT2D eigenvalue weighted by Crippen LogP contribution is 2.24. The van der Waals surface area contributed by atoms with E-state index in [9.17, 15) is 5.11 Å². The minimum atomic E-state index is -0.0562. The van der Waals surface area contributed by atoms with Crippen LogP contribution in [0.1, 0.15) is 40.0 Å². The third kappa shape index (κ3) is 4.81. The van der Waals surface area contributed by atoms with E-state index in [1.54, 1.807) is 0 Å². The molecular weight excluding hydrogens is 206 g/mol. The zero-order valence-corrected chi connectivity index (χ0v) is 10.5. The van der Waals surface area contributed by atoms with E-state index in [2.05, 4.69) is 24.3 Å². The maximum absolute atomic E-state index is 9.39. The lowest BCUT2D eigenvalue weighted by Crippen LogP contribution is -2.41. The van der Waals surface area contributed by atoms with Crippen LogP contribution < -0.4 is 11.1 Å². The fourth-order valence-corrected chi connectivity index (χ4v) is 1.60. The predicted octanol–water partition coefficient (Wildman–Crippen LogP) is 0.900. The third-order valence-electron chi connectivity index (χ3n) is 3.30. The van der Waals surface area contributed by atoms with Crippen molar-refractivity contribution < 1.29 is 10.3 Å². The molecule has 0 radical (unpaired) electrons. The molecule has 0 bridgehead atoms. The van der Waals surface area contributed by atoms with Crippen molar-refractivity contribution in [2.45, 2.75) is 46.1 Å². The first-order chi connectivity index (χ1) is 7.53. The van der Waals surface area contributed by atoms with E-state index < -0.39 is 0 Å². The number of aliphatic hydroxyl groups excluding tert-OH is 1. The first-order valence-electron chi connectivity index (χ1n) is 5.84. The first kappa shape index (κ1) is 15.2. The van der Waals surface area contributed by atoms with Crippen molar-refractivity contribution in [1.29, 1.82) is 0 Å². The Morgan fingerprint density at radius 2 is 2.00 bits per heavy atom. The number of amidine groups is 1.